The lowest BCUT2D eigenvalue weighted by molar-refractivity contribution is 0.104. The molecule has 3 rings (SSSR count). The van der Waals surface area contributed by atoms with E-state index in [0.717, 1.165) is 16.8 Å². The highest BCUT2D eigenvalue weighted by Gasteiger charge is 2.11. The van der Waals surface area contributed by atoms with Crippen LogP contribution in [0.2, 0.25) is 0 Å². The number of carbonyl (C=O) groups is 1. The van der Waals surface area contributed by atoms with Crippen molar-refractivity contribution in [2.45, 2.75) is 0 Å². The van der Waals surface area contributed by atoms with Crippen molar-refractivity contribution in [2.75, 3.05) is 33.8 Å². The van der Waals surface area contributed by atoms with Gasteiger partial charge in [-0.15, -0.1) is 0 Å². The van der Waals surface area contributed by atoms with Crippen LogP contribution in [0, 0.1) is 0 Å². The topological polar surface area (TPSA) is 66.0 Å². The molecule has 3 aromatic rings. The highest BCUT2D eigenvalue weighted by Crippen LogP contribution is 2.38. The largest absolute Gasteiger partial charge is 0.497 e. The second kappa shape index (κ2) is 11.4. The van der Waals surface area contributed by atoms with Crippen molar-refractivity contribution in [1.29, 1.82) is 0 Å². The summed E-state index contributed by atoms with van der Waals surface area (Å²) in [5.74, 6) is 2.40. The molecule has 0 saturated heterocycles. The van der Waals surface area contributed by atoms with Gasteiger partial charge in [0.15, 0.2) is 17.3 Å². The highest BCUT2D eigenvalue weighted by atomic mass is 16.5. The molecule has 0 spiro atoms. The average Bonchev–Trinajstić information content (AvgIpc) is 2.87. The Bertz CT molecular complexity index is 1110. The monoisotopic (exact) mass is 445 g/mol. The molecule has 0 radical (unpaired) electrons. The molecule has 0 atom stereocenters. The Kier molecular flexibility index (Phi) is 8.13. The molecule has 0 fully saturated rings. The third-order valence-corrected chi connectivity index (χ3v) is 4.93. The molecule has 33 heavy (non-hydrogen) atoms. The minimum absolute atomic E-state index is 0.0879. The first-order chi connectivity index (χ1) is 16.1. The summed E-state index contributed by atoms with van der Waals surface area (Å²) in [5, 5.41) is 3.11. The molecule has 0 unspecified atom stereocenters. The van der Waals surface area contributed by atoms with Crippen molar-refractivity contribution in [3.8, 4) is 23.0 Å². The highest BCUT2D eigenvalue weighted by molar-refractivity contribution is 6.04. The van der Waals surface area contributed by atoms with E-state index in [1.54, 1.807) is 58.9 Å². The van der Waals surface area contributed by atoms with Gasteiger partial charge in [0.25, 0.3) is 0 Å². The van der Waals surface area contributed by atoms with E-state index in [1.165, 1.54) is 6.08 Å². The first kappa shape index (κ1) is 23.5. The fraction of sp³-hybridized carbons (Fsp3) is 0.148. The minimum Gasteiger partial charge on any atom is -0.497 e. The molecule has 3 aromatic carbocycles. The lowest BCUT2D eigenvalue weighted by Gasteiger charge is -2.12. The number of methoxy groups -OCH3 is 4. The van der Waals surface area contributed by atoms with Crippen LogP contribution in [0.3, 0.4) is 0 Å². The van der Waals surface area contributed by atoms with Gasteiger partial charge in [0.1, 0.15) is 5.75 Å². The molecular formula is C27H27NO5. The molecule has 170 valence electrons. The van der Waals surface area contributed by atoms with Crippen LogP contribution < -0.4 is 24.3 Å². The second-order valence-corrected chi connectivity index (χ2v) is 6.98. The quantitative estimate of drug-likeness (QED) is 0.245. The standard InChI is InChI=1S/C27H27NO5/c1-30-23-13-9-21(10-14-23)24(29)15-16-28-22-11-7-19(8-12-22)5-6-20-17-25(31-2)27(33-4)26(18-20)32-3/h5-18,28H,1-4H3/b6-5-,16-15-. The third kappa shape index (κ3) is 6.17. The predicted octanol–water partition coefficient (Wildman–Crippen LogP) is 5.70. The maximum atomic E-state index is 12.2. The Morgan fingerprint density at radius 1 is 0.727 bits per heavy atom. The number of hydrogen-bond acceptors (Lipinski definition) is 6. The Morgan fingerprint density at radius 3 is 1.88 bits per heavy atom. The Hall–Kier alpha value is -4.19. The summed E-state index contributed by atoms with van der Waals surface area (Å²) in [6, 6.07) is 18.6. The van der Waals surface area contributed by atoms with Gasteiger partial charge in [-0.3, -0.25) is 4.79 Å². The number of nitrogens with one attached hydrogen (secondary N) is 1. The van der Waals surface area contributed by atoms with Gasteiger partial charge in [0, 0.05) is 23.5 Å². The molecule has 0 aliphatic heterocycles. The zero-order valence-corrected chi connectivity index (χ0v) is 19.1. The number of benzene rings is 3. The summed E-state index contributed by atoms with van der Waals surface area (Å²) >= 11 is 0. The van der Waals surface area contributed by atoms with Crippen LogP contribution in [0.4, 0.5) is 5.69 Å². The van der Waals surface area contributed by atoms with Crippen LogP contribution >= 0.6 is 0 Å². The number of hydrogen-bond donors (Lipinski definition) is 1. The maximum Gasteiger partial charge on any atom is 0.203 e. The van der Waals surface area contributed by atoms with Gasteiger partial charge < -0.3 is 24.3 Å². The first-order valence-corrected chi connectivity index (χ1v) is 10.3. The summed E-state index contributed by atoms with van der Waals surface area (Å²) in [7, 11) is 6.36. The van der Waals surface area contributed by atoms with Gasteiger partial charge in [0.05, 0.1) is 28.4 Å². The number of anilines is 1. The van der Waals surface area contributed by atoms with Gasteiger partial charge in [-0.1, -0.05) is 24.3 Å². The minimum atomic E-state index is -0.0879. The van der Waals surface area contributed by atoms with E-state index in [2.05, 4.69) is 5.32 Å². The summed E-state index contributed by atoms with van der Waals surface area (Å²) in [5.41, 5.74) is 3.42. The molecule has 0 saturated carbocycles. The smallest absolute Gasteiger partial charge is 0.203 e. The van der Waals surface area contributed by atoms with Crippen molar-refractivity contribution in [2.24, 2.45) is 0 Å². The van der Waals surface area contributed by atoms with Crippen LogP contribution in [-0.4, -0.2) is 34.2 Å². The summed E-state index contributed by atoms with van der Waals surface area (Å²) < 4.78 is 21.3. The fourth-order valence-corrected chi connectivity index (χ4v) is 3.15. The van der Waals surface area contributed by atoms with Crippen molar-refractivity contribution < 1.29 is 23.7 Å². The zero-order chi connectivity index (χ0) is 23.6. The average molecular weight is 446 g/mol. The van der Waals surface area contributed by atoms with E-state index in [-0.39, 0.29) is 5.78 Å². The molecule has 0 aliphatic carbocycles. The number of ketones is 1. The van der Waals surface area contributed by atoms with E-state index in [0.29, 0.717) is 28.6 Å². The Balaban J connectivity index is 1.62. The van der Waals surface area contributed by atoms with Crippen molar-refractivity contribution in [3.05, 3.63) is 89.6 Å². The fourth-order valence-electron chi connectivity index (χ4n) is 3.15. The normalized spacial score (nSPS) is 10.9. The Labute approximate surface area is 194 Å². The van der Waals surface area contributed by atoms with Gasteiger partial charge in [-0.2, -0.15) is 0 Å². The zero-order valence-electron chi connectivity index (χ0n) is 19.1. The van der Waals surface area contributed by atoms with E-state index in [4.69, 9.17) is 18.9 Å². The molecule has 0 amide bonds. The van der Waals surface area contributed by atoms with E-state index in [9.17, 15) is 4.79 Å². The molecule has 0 bridgehead atoms. The Morgan fingerprint density at radius 2 is 1.33 bits per heavy atom. The lowest BCUT2D eigenvalue weighted by Crippen LogP contribution is -1.96. The van der Waals surface area contributed by atoms with Crippen LogP contribution in [0.25, 0.3) is 12.2 Å². The summed E-state index contributed by atoms with van der Waals surface area (Å²) in [4.78, 5) is 12.2. The molecule has 6 nitrogen and oxygen atoms in total. The summed E-state index contributed by atoms with van der Waals surface area (Å²) in [6.07, 6.45) is 7.10. The lowest BCUT2D eigenvalue weighted by atomic mass is 10.1. The summed E-state index contributed by atoms with van der Waals surface area (Å²) in [6.45, 7) is 0. The van der Waals surface area contributed by atoms with E-state index in [1.807, 2.05) is 48.6 Å². The predicted molar refractivity (Wildman–Crippen MR) is 132 cm³/mol. The van der Waals surface area contributed by atoms with E-state index >= 15 is 0 Å². The van der Waals surface area contributed by atoms with Crippen molar-refractivity contribution in [3.63, 3.8) is 0 Å². The van der Waals surface area contributed by atoms with Gasteiger partial charge in [0.2, 0.25) is 5.75 Å². The number of carbonyl (C=O) groups excluding carboxylic acids is 1. The first-order valence-electron chi connectivity index (χ1n) is 10.3. The van der Waals surface area contributed by atoms with Crippen molar-refractivity contribution >= 4 is 23.6 Å². The molecule has 0 heterocycles. The second-order valence-electron chi connectivity index (χ2n) is 6.98. The third-order valence-electron chi connectivity index (χ3n) is 4.93. The molecular weight excluding hydrogens is 418 g/mol. The van der Waals surface area contributed by atoms with Crippen LogP contribution in [0.5, 0.6) is 23.0 Å². The van der Waals surface area contributed by atoms with Crippen molar-refractivity contribution in [1.82, 2.24) is 0 Å². The molecule has 0 aromatic heterocycles. The van der Waals surface area contributed by atoms with Crippen LogP contribution in [-0.2, 0) is 0 Å². The van der Waals surface area contributed by atoms with Gasteiger partial charge in [-0.25, -0.2) is 0 Å². The molecule has 6 heteroatoms. The van der Waals surface area contributed by atoms with Gasteiger partial charge in [-0.05, 0) is 59.7 Å². The number of ether oxygens (including phenoxy) is 4. The SMILES string of the molecule is COc1ccc(C(=O)/C=C\Nc2ccc(/C=C\c3cc(OC)c(OC)c(OC)c3)cc2)cc1. The number of allylic oxidation sites excluding steroid dienone is 1. The number of rotatable bonds is 10. The van der Waals surface area contributed by atoms with Crippen LogP contribution in [0.1, 0.15) is 21.5 Å². The molecule has 0 aliphatic rings. The van der Waals surface area contributed by atoms with E-state index < -0.39 is 0 Å². The van der Waals surface area contributed by atoms with Gasteiger partial charge >= 0.3 is 0 Å². The molecule has 1 N–H and O–H groups in total. The van der Waals surface area contributed by atoms with Crippen LogP contribution in [0.15, 0.2) is 72.9 Å². The maximum absolute atomic E-state index is 12.2.